The minimum Gasteiger partial charge on any atom is -0.490 e. The monoisotopic (exact) mass is 321 g/mol. The van der Waals surface area contributed by atoms with Gasteiger partial charge in [-0.15, -0.1) is 0 Å². The lowest BCUT2D eigenvalue weighted by atomic mass is 10.2. The number of esters is 1. The van der Waals surface area contributed by atoms with E-state index in [4.69, 9.17) is 4.74 Å². The van der Waals surface area contributed by atoms with Crippen molar-refractivity contribution >= 4 is 32.8 Å². The molecule has 0 aliphatic heterocycles. The van der Waals surface area contributed by atoms with Crippen molar-refractivity contribution in [2.75, 3.05) is 7.11 Å². The third kappa shape index (κ3) is 2.56. The van der Waals surface area contributed by atoms with Gasteiger partial charge in [0, 0.05) is 9.86 Å². The summed E-state index contributed by atoms with van der Waals surface area (Å²) in [4.78, 5) is 15.8. The molecule has 98 valence electrons. The summed E-state index contributed by atoms with van der Waals surface area (Å²) in [5.41, 5.74) is 1.03. The van der Waals surface area contributed by atoms with Crippen LogP contribution in [0.4, 0.5) is 0 Å². The van der Waals surface area contributed by atoms with E-state index in [2.05, 4.69) is 25.7 Å². The molecule has 1 aliphatic rings. The summed E-state index contributed by atoms with van der Waals surface area (Å²) < 4.78 is 11.2. The molecule has 4 nitrogen and oxygen atoms in total. The molecule has 1 aromatic heterocycles. The van der Waals surface area contributed by atoms with E-state index in [1.54, 1.807) is 6.07 Å². The van der Waals surface area contributed by atoms with Gasteiger partial charge in [-0.3, -0.25) is 0 Å². The zero-order chi connectivity index (χ0) is 13.4. The van der Waals surface area contributed by atoms with Crippen LogP contribution >= 0.6 is 15.9 Å². The van der Waals surface area contributed by atoms with Gasteiger partial charge in [0.2, 0.25) is 0 Å². The Morgan fingerprint density at radius 3 is 2.84 bits per heavy atom. The summed E-state index contributed by atoms with van der Waals surface area (Å²) in [5.74, 6) is 0.390. The smallest absolute Gasteiger partial charge is 0.356 e. The van der Waals surface area contributed by atoms with E-state index in [1.807, 2.05) is 18.2 Å². The second-order valence-corrected chi connectivity index (χ2v) is 5.34. The first-order chi connectivity index (χ1) is 9.17. The lowest BCUT2D eigenvalue weighted by Gasteiger charge is -2.08. The van der Waals surface area contributed by atoms with Crippen molar-refractivity contribution in [1.82, 2.24) is 4.98 Å². The number of pyridine rings is 1. The summed E-state index contributed by atoms with van der Waals surface area (Å²) >= 11 is 3.47. The third-order valence-electron chi connectivity index (χ3n) is 2.94. The number of hydrogen-bond donors (Lipinski definition) is 0. The highest BCUT2D eigenvalue weighted by Crippen LogP contribution is 2.32. The van der Waals surface area contributed by atoms with Crippen LogP contribution in [0.3, 0.4) is 0 Å². The van der Waals surface area contributed by atoms with Crippen molar-refractivity contribution < 1.29 is 14.3 Å². The largest absolute Gasteiger partial charge is 0.490 e. The maximum Gasteiger partial charge on any atom is 0.356 e. The fraction of sp³-hybridized carbons (Fsp3) is 0.286. The summed E-state index contributed by atoms with van der Waals surface area (Å²) in [6, 6.07) is 7.32. The summed E-state index contributed by atoms with van der Waals surface area (Å²) in [6.45, 7) is 0. The first-order valence-electron chi connectivity index (χ1n) is 6.02. The number of benzene rings is 1. The average Bonchev–Trinajstić information content (AvgIpc) is 3.21. The van der Waals surface area contributed by atoms with Gasteiger partial charge in [0.15, 0.2) is 0 Å². The zero-order valence-corrected chi connectivity index (χ0v) is 11.9. The van der Waals surface area contributed by atoms with Crippen LogP contribution in [0.15, 0.2) is 28.7 Å². The molecular weight excluding hydrogens is 310 g/mol. The molecule has 1 aliphatic carbocycles. The fourth-order valence-electron chi connectivity index (χ4n) is 1.83. The molecule has 0 radical (unpaired) electrons. The van der Waals surface area contributed by atoms with Gasteiger partial charge >= 0.3 is 5.97 Å². The summed E-state index contributed by atoms with van der Waals surface area (Å²) in [7, 11) is 1.34. The van der Waals surface area contributed by atoms with Crippen LogP contribution < -0.4 is 4.74 Å². The van der Waals surface area contributed by atoms with Gasteiger partial charge in [-0.1, -0.05) is 6.07 Å². The van der Waals surface area contributed by atoms with Crippen LogP contribution in [0, 0.1) is 0 Å². The molecule has 0 unspecified atom stereocenters. The highest BCUT2D eigenvalue weighted by atomic mass is 79.9. The number of aromatic nitrogens is 1. The number of carbonyl (C=O) groups excluding carboxylic acids is 1. The second kappa shape index (κ2) is 4.81. The molecule has 0 spiro atoms. The van der Waals surface area contributed by atoms with Crippen molar-refractivity contribution in [2.45, 2.75) is 18.9 Å². The molecule has 5 heteroatoms. The Labute approximate surface area is 118 Å². The molecule has 1 saturated carbocycles. The molecule has 0 amide bonds. The normalized spacial score (nSPS) is 14.4. The molecule has 0 saturated heterocycles. The van der Waals surface area contributed by atoms with Crippen LogP contribution in [0.2, 0.25) is 0 Å². The number of hydrogen-bond acceptors (Lipinski definition) is 4. The maximum absolute atomic E-state index is 11.5. The van der Waals surface area contributed by atoms with Gasteiger partial charge in [-0.25, -0.2) is 9.78 Å². The van der Waals surface area contributed by atoms with E-state index in [1.165, 1.54) is 7.11 Å². The Bertz CT molecular complexity index is 652. The van der Waals surface area contributed by atoms with E-state index in [-0.39, 0.29) is 0 Å². The quantitative estimate of drug-likeness (QED) is 0.814. The number of methoxy groups -OCH3 is 1. The van der Waals surface area contributed by atoms with E-state index < -0.39 is 5.97 Å². The van der Waals surface area contributed by atoms with Gasteiger partial charge in [-0.2, -0.15) is 0 Å². The van der Waals surface area contributed by atoms with Gasteiger partial charge in [0.1, 0.15) is 11.4 Å². The van der Waals surface area contributed by atoms with E-state index in [0.29, 0.717) is 11.8 Å². The predicted molar refractivity (Wildman–Crippen MR) is 74.4 cm³/mol. The predicted octanol–water partition coefficient (Wildman–Crippen LogP) is 3.33. The highest BCUT2D eigenvalue weighted by molar-refractivity contribution is 9.10. The number of carbonyl (C=O) groups is 1. The van der Waals surface area contributed by atoms with E-state index in [0.717, 1.165) is 34.0 Å². The number of ether oxygens (including phenoxy) is 2. The standard InChI is InChI=1S/C14H12BrNO3/c1-18-14(17)12-5-2-8-6-10(19-9-3-4-9)7-11(15)13(8)16-12/h2,5-7,9H,3-4H2,1H3. The third-order valence-corrected chi connectivity index (χ3v) is 3.55. The van der Waals surface area contributed by atoms with Gasteiger partial charge in [0.05, 0.1) is 18.7 Å². The van der Waals surface area contributed by atoms with Crippen molar-refractivity contribution in [2.24, 2.45) is 0 Å². The molecule has 0 atom stereocenters. The molecule has 3 rings (SSSR count). The van der Waals surface area contributed by atoms with Crippen LogP contribution in [0.1, 0.15) is 23.3 Å². The molecule has 0 N–H and O–H groups in total. The van der Waals surface area contributed by atoms with Crippen LogP contribution in [-0.2, 0) is 4.74 Å². The Morgan fingerprint density at radius 2 is 2.16 bits per heavy atom. The van der Waals surface area contributed by atoms with Crippen molar-refractivity contribution in [3.63, 3.8) is 0 Å². The molecular formula is C14H12BrNO3. The lowest BCUT2D eigenvalue weighted by Crippen LogP contribution is -2.04. The molecule has 19 heavy (non-hydrogen) atoms. The topological polar surface area (TPSA) is 48.4 Å². The summed E-state index contributed by atoms with van der Waals surface area (Å²) in [6.07, 6.45) is 2.59. The summed E-state index contributed by atoms with van der Waals surface area (Å²) in [5, 5.41) is 0.928. The maximum atomic E-state index is 11.5. The van der Waals surface area contributed by atoms with Crippen LogP contribution in [-0.4, -0.2) is 24.2 Å². The number of rotatable bonds is 3. The Balaban J connectivity index is 2.03. The fourth-order valence-corrected chi connectivity index (χ4v) is 2.37. The highest BCUT2D eigenvalue weighted by Gasteiger charge is 2.24. The van der Waals surface area contributed by atoms with Crippen LogP contribution in [0.25, 0.3) is 10.9 Å². The second-order valence-electron chi connectivity index (χ2n) is 4.48. The first-order valence-corrected chi connectivity index (χ1v) is 6.82. The van der Waals surface area contributed by atoms with E-state index >= 15 is 0 Å². The van der Waals surface area contributed by atoms with Gasteiger partial charge in [0.25, 0.3) is 0 Å². The SMILES string of the molecule is COC(=O)c1ccc2cc(OC3CC3)cc(Br)c2n1. The Morgan fingerprint density at radius 1 is 1.37 bits per heavy atom. The Hall–Kier alpha value is -1.62. The van der Waals surface area contributed by atoms with Crippen LogP contribution in [0.5, 0.6) is 5.75 Å². The Kier molecular flexibility index (Phi) is 3.14. The number of fused-ring (bicyclic) bond motifs is 1. The van der Waals surface area contributed by atoms with E-state index in [9.17, 15) is 4.79 Å². The molecule has 1 aromatic carbocycles. The molecule has 0 bridgehead atoms. The zero-order valence-electron chi connectivity index (χ0n) is 10.4. The molecule has 2 aromatic rings. The van der Waals surface area contributed by atoms with Gasteiger partial charge in [-0.05, 0) is 47.0 Å². The van der Waals surface area contributed by atoms with Crippen molar-refractivity contribution in [3.8, 4) is 5.75 Å². The van der Waals surface area contributed by atoms with Crippen molar-refractivity contribution in [3.05, 3.63) is 34.4 Å². The lowest BCUT2D eigenvalue weighted by molar-refractivity contribution is 0.0594. The van der Waals surface area contributed by atoms with Gasteiger partial charge < -0.3 is 9.47 Å². The average molecular weight is 322 g/mol. The minimum absolute atomic E-state index is 0.298. The number of halogens is 1. The first kappa shape index (κ1) is 12.4. The molecule has 1 fully saturated rings. The minimum atomic E-state index is -0.438. The number of nitrogens with zero attached hydrogens (tertiary/aromatic N) is 1. The van der Waals surface area contributed by atoms with Crippen molar-refractivity contribution in [1.29, 1.82) is 0 Å². The molecule has 1 heterocycles.